The van der Waals surface area contributed by atoms with Crippen molar-refractivity contribution in [2.45, 2.75) is 23.7 Å². The van der Waals surface area contributed by atoms with E-state index < -0.39 is 11.4 Å². The van der Waals surface area contributed by atoms with E-state index in [0.29, 0.717) is 5.33 Å². The van der Waals surface area contributed by atoms with Crippen LogP contribution in [-0.2, 0) is 5.33 Å². The average Bonchev–Trinajstić information content (AvgIpc) is 2.27. The van der Waals surface area contributed by atoms with Gasteiger partial charge >= 0.3 is 6.61 Å². The highest BCUT2D eigenvalue weighted by Crippen LogP contribution is 2.26. The first-order valence-corrected chi connectivity index (χ1v) is 6.81. The summed E-state index contributed by atoms with van der Waals surface area (Å²) in [6.07, 6.45) is 0. The molecular formula is C11H10Br2F2O2. The maximum Gasteiger partial charge on any atom is 0.387 e. The number of hydrogen-bond donors (Lipinski definition) is 0. The standard InChI is InChI=1S/C11H10Br2F2O2/c1-6(13)10(16)8-4-7(5-12)2-3-9(8)17-11(14)15/h2-4,6,11H,5H2,1H3. The molecule has 0 saturated carbocycles. The van der Waals surface area contributed by atoms with Crippen LogP contribution < -0.4 is 4.74 Å². The van der Waals surface area contributed by atoms with Crippen molar-refractivity contribution in [1.82, 2.24) is 0 Å². The van der Waals surface area contributed by atoms with Gasteiger partial charge in [0.05, 0.1) is 10.4 Å². The number of Topliss-reactive ketones (excluding diaryl/α,β-unsaturated/α-hetero) is 1. The number of halogens is 4. The summed E-state index contributed by atoms with van der Waals surface area (Å²) in [4.78, 5) is 11.4. The van der Waals surface area contributed by atoms with E-state index >= 15 is 0 Å². The average molecular weight is 372 g/mol. The summed E-state index contributed by atoms with van der Waals surface area (Å²) in [5, 5.41) is 0.541. The number of ether oxygens (including phenoxy) is 1. The lowest BCUT2D eigenvalue weighted by atomic mass is 10.1. The van der Waals surface area contributed by atoms with Crippen molar-refractivity contribution in [3.63, 3.8) is 0 Å². The van der Waals surface area contributed by atoms with Gasteiger partial charge in [-0.3, -0.25) is 4.79 Å². The largest absolute Gasteiger partial charge is 0.434 e. The van der Waals surface area contributed by atoms with Gasteiger partial charge in [0.15, 0.2) is 5.78 Å². The molecule has 1 aromatic carbocycles. The van der Waals surface area contributed by atoms with Crippen LogP contribution in [0.15, 0.2) is 18.2 Å². The summed E-state index contributed by atoms with van der Waals surface area (Å²) < 4.78 is 28.7. The van der Waals surface area contributed by atoms with Gasteiger partial charge in [0.25, 0.3) is 0 Å². The highest BCUT2D eigenvalue weighted by atomic mass is 79.9. The van der Waals surface area contributed by atoms with Crippen molar-refractivity contribution in [3.05, 3.63) is 29.3 Å². The van der Waals surface area contributed by atoms with E-state index in [1.165, 1.54) is 6.07 Å². The Morgan fingerprint density at radius 2 is 2.12 bits per heavy atom. The van der Waals surface area contributed by atoms with E-state index in [1.54, 1.807) is 19.1 Å². The van der Waals surface area contributed by atoms with Crippen LogP contribution in [0.25, 0.3) is 0 Å². The van der Waals surface area contributed by atoms with Gasteiger partial charge in [-0.25, -0.2) is 0 Å². The molecule has 1 aromatic rings. The van der Waals surface area contributed by atoms with Gasteiger partial charge in [-0.15, -0.1) is 0 Å². The van der Waals surface area contributed by atoms with Crippen LogP contribution in [0.4, 0.5) is 8.78 Å². The summed E-state index contributed by atoms with van der Waals surface area (Å²) in [5.41, 5.74) is 0.981. The molecule has 0 radical (unpaired) electrons. The fourth-order valence-electron chi connectivity index (χ4n) is 1.27. The molecule has 1 rings (SSSR count). The van der Waals surface area contributed by atoms with Crippen LogP contribution in [0.1, 0.15) is 22.8 Å². The molecule has 1 atom stereocenters. The van der Waals surface area contributed by atoms with Crippen LogP contribution in [0.5, 0.6) is 5.75 Å². The lowest BCUT2D eigenvalue weighted by molar-refractivity contribution is -0.0501. The summed E-state index contributed by atoms with van der Waals surface area (Å²) in [7, 11) is 0. The third-order valence-corrected chi connectivity index (χ3v) is 3.10. The number of benzene rings is 1. The van der Waals surface area contributed by atoms with Crippen molar-refractivity contribution >= 4 is 37.6 Å². The van der Waals surface area contributed by atoms with Crippen LogP contribution in [0.2, 0.25) is 0 Å². The first kappa shape index (κ1) is 14.6. The lowest BCUT2D eigenvalue weighted by Crippen LogP contribution is -2.14. The number of carbonyl (C=O) groups excluding carboxylic acids is 1. The first-order chi connectivity index (χ1) is 7.95. The van der Waals surface area contributed by atoms with E-state index in [0.717, 1.165) is 5.56 Å². The van der Waals surface area contributed by atoms with Gasteiger partial charge in [0.2, 0.25) is 0 Å². The van der Waals surface area contributed by atoms with E-state index in [1.807, 2.05) is 0 Å². The van der Waals surface area contributed by atoms with Gasteiger partial charge in [-0.2, -0.15) is 8.78 Å². The molecule has 0 aromatic heterocycles. The molecule has 0 heterocycles. The second-order valence-corrected chi connectivity index (χ2v) is 5.26. The van der Waals surface area contributed by atoms with E-state index in [4.69, 9.17) is 0 Å². The third-order valence-electron chi connectivity index (χ3n) is 2.04. The molecule has 0 aliphatic carbocycles. The Kier molecular flexibility index (Phi) is 5.52. The molecule has 0 bridgehead atoms. The quantitative estimate of drug-likeness (QED) is 0.574. The predicted molar refractivity (Wildman–Crippen MR) is 68.4 cm³/mol. The Bertz CT molecular complexity index is 408. The van der Waals surface area contributed by atoms with Gasteiger partial charge in [-0.1, -0.05) is 37.9 Å². The molecule has 2 nitrogen and oxygen atoms in total. The monoisotopic (exact) mass is 370 g/mol. The molecule has 94 valence electrons. The Labute approximate surface area is 115 Å². The molecule has 0 aliphatic rings. The molecule has 0 fully saturated rings. The summed E-state index contributed by atoms with van der Waals surface area (Å²) in [6.45, 7) is -1.31. The minimum atomic E-state index is -2.94. The minimum Gasteiger partial charge on any atom is -0.434 e. The zero-order valence-electron chi connectivity index (χ0n) is 8.92. The molecule has 0 aliphatic heterocycles. The first-order valence-electron chi connectivity index (χ1n) is 4.77. The topological polar surface area (TPSA) is 26.3 Å². The number of rotatable bonds is 5. The minimum absolute atomic E-state index is 0.0963. The molecule has 0 N–H and O–H groups in total. The third kappa shape index (κ3) is 4.03. The smallest absolute Gasteiger partial charge is 0.387 e. The number of alkyl halides is 4. The number of hydrogen-bond acceptors (Lipinski definition) is 2. The zero-order valence-corrected chi connectivity index (χ0v) is 12.1. The van der Waals surface area contributed by atoms with Crippen LogP contribution >= 0.6 is 31.9 Å². The van der Waals surface area contributed by atoms with Crippen LogP contribution in [0.3, 0.4) is 0 Å². The fourth-order valence-corrected chi connectivity index (χ4v) is 1.86. The van der Waals surface area contributed by atoms with Gasteiger partial charge < -0.3 is 4.74 Å². The summed E-state index contributed by atoms with van der Waals surface area (Å²) >= 11 is 6.36. The predicted octanol–water partition coefficient (Wildman–Crippen LogP) is 4.15. The zero-order chi connectivity index (χ0) is 13.0. The fraction of sp³-hybridized carbons (Fsp3) is 0.364. The molecule has 0 amide bonds. The second-order valence-electron chi connectivity index (χ2n) is 3.32. The second kappa shape index (κ2) is 6.44. The van der Waals surface area contributed by atoms with Crippen molar-refractivity contribution in [2.24, 2.45) is 0 Å². The number of ketones is 1. The Hall–Kier alpha value is -0.490. The molecule has 0 spiro atoms. The van der Waals surface area contributed by atoms with Crippen LogP contribution in [-0.4, -0.2) is 17.2 Å². The number of carbonyl (C=O) groups is 1. The molecule has 0 saturated heterocycles. The maximum atomic E-state index is 12.2. The summed E-state index contributed by atoms with van der Waals surface area (Å²) in [6, 6.07) is 4.56. The Balaban J connectivity index is 3.16. The highest BCUT2D eigenvalue weighted by Gasteiger charge is 2.19. The van der Waals surface area contributed by atoms with Crippen molar-refractivity contribution in [3.8, 4) is 5.75 Å². The Morgan fingerprint density at radius 1 is 1.47 bits per heavy atom. The van der Waals surface area contributed by atoms with Crippen molar-refractivity contribution < 1.29 is 18.3 Å². The molecule has 6 heteroatoms. The molecular weight excluding hydrogens is 362 g/mol. The van der Waals surface area contributed by atoms with Gasteiger partial charge in [0, 0.05) is 5.33 Å². The van der Waals surface area contributed by atoms with Gasteiger partial charge in [-0.05, 0) is 24.6 Å². The van der Waals surface area contributed by atoms with E-state index in [2.05, 4.69) is 36.6 Å². The Morgan fingerprint density at radius 3 is 2.59 bits per heavy atom. The van der Waals surface area contributed by atoms with Crippen LogP contribution in [0, 0.1) is 0 Å². The molecule has 1 unspecified atom stereocenters. The van der Waals surface area contributed by atoms with E-state index in [9.17, 15) is 13.6 Å². The lowest BCUT2D eigenvalue weighted by Gasteiger charge is -2.12. The molecule has 17 heavy (non-hydrogen) atoms. The highest BCUT2D eigenvalue weighted by molar-refractivity contribution is 9.10. The van der Waals surface area contributed by atoms with Crippen molar-refractivity contribution in [1.29, 1.82) is 0 Å². The SMILES string of the molecule is CC(Br)C(=O)c1cc(CBr)ccc1OC(F)F. The normalized spacial score (nSPS) is 12.6. The van der Waals surface area contributed by atoms with Gasteiger partial charge in [0.1, 0.15) is 5.75 Å². The van der Waals surface area contributed by atoms with E-state index in [-0.39, 0.29) is 17.1 Å². The van der Waals surface area contributed by atoms with Crippen molar-refractivity contribution in [2.75, 3.05) is 0 Å². The maximum absolute atomic E-state index is 12.2. The summed E-state index contributed by atoms with van der Waals surface area (Å²) in [5.74, 6) is -0.385.